The number of likely N-dealkylation sites (tertiary alicyclic amines) is 1. The quantitative estimate of drug-likeness (QED) is 0.460. The number of nitrogens with one attached hydrogen (secondary N) is 1. The SMILES string of the molecule is Cc1nc2nc(NC(C)c3cncc(F)c3)nc(C(=O)N3CC(CC(=O)C45CCC(CC4)CC5)C3)c2s1. The Bertz CT molecular complexity index is 1350. The Morgan fingerprint density at radius 1 is 1.16 bits per heavy atom. The number of anilines is 1. The molecule has 3 aromatic heterocycles. The molecule has 4 aliphatic rings. The maximum absolute atomic E-state index is 13.6. The Balaban J connectivity index is 1.16. The van der Waals surface area contributed by atoms with Crippen molar-refractivity contribution in [1.82, 2.24) is 24.8 Å². The highest BCUT2D eigenvalue weighted by Gasteiger charge is 2.47. The largest absolute Gasteiger partial charge is 0.348 e. The summed E-state index contributed by atoms with van der Waals surface area (Å²) in [7, 11) is 0. The van der Waals surface area contributed by atoms with Crippen LogP contribution >= 0.6 is 11.3 Å². The van der Waals surface area contributed by atoms with Crippen LogP contribution < -0.4 is 5.32 Å². The van der Waals surface area contributed by atoms with E-state index in [0.717, 1.165) is 36.4 Å². The molecule has 4 heterocycles. The second-order valence-corrected chi connectivity index (χ2v) is 12.3. The number of aromatic nitrogens is 4. The Kier molecular flexibility index (Phi) is 6.17. The van der Waals surface area contributed by atoms with Crippen LogP contribution in [0.2, 0.25) is 0 Å². The summed E-state index contributed by atoms with van der Waals surface area (Å²) in [6.07, 6.45) is 10.1. The minimum absolute atomic E-state index is 0.0907. The van der Waals surface area contributed by atoms with E-state index in [0.29, 0.717) is 46.9 Å². The number of hydrogen-bond acceptors (Lipinski definition) is 8. The molecule has 4 fully saturated rings. The summed E-state index contributed by atoms with van der Waals surface area (Å²) < 4.78 is 14.3. The number of carbonyl (C=O) groups excluding carboxylic acids is 2. The van der Waals surface area contributed by atoms with E-state index in [4.69, 9.17) is 0 Å². The van der Waals surface area contributed by atoms with E-state index in [-0.39, 0.29) is 29.2 Å². The van der Waals surface area contributed by atoms with Crippen molar-refractivity contribution in [2.45, 2.75) is 64.8 Å². The van der Waals surface area contributed by atoms with Gasteiger partial charge in [0.05, 0.1) is 17.2 Å². The fraction of sp³-hybridized carbons (Fsp3) is 0.556. The van der Waals surface area contributed by atoms with Gasteiger partial charge in [-0.3, -0.25) is 14.6 Å². The van der Waals surface area contributed by atoms with Gasteiger partial charge in [-0.15, -0.1) is 11.3 Å². The van der Waals surface area contributed by atoms with Crippen LogP contribution in [0.4, 0.5) is 10.3 Å². The standard InChI is InChI=1S/C27H31FN6O2S/c1-15(19-10-20(28)12-29-11-19)30-26-32-22(23-24(33-26)31-16(2)37-23)25(36)34-13-18(14-34)9-21(35)27-6-3-17(4-7-27)5-8-27/h10-12,15,17-18H,3-9,13-14H2,1-2H3,(H,30,32,33). The third-order valence-electron chi connectivity index (χ3n) is 8.54. The third kappa shape index (κ3) is 4.60. The van der Waals surface area contributed by atoms with Gasteiger partial charge in [0.25, 0.3) is 5.91 Å². The number of amides is 1. The van der Waals surface area contributed by atoms with E-state index in [1.54, 1.807) is 11.1 Å². The van der Waals surface area contributed by atoms with Gasteiger partial charge in [-0.1, -0.05) is 0 Å². The number of aryl methyl sites for hydroxylation is 1. The summed E-state index contributed by atoms with van der Waals surface area (Å²) in [4.78, 5) is 46.0. The topological polar surface area (TPSA) is 101 Å². The van der Waals surface area contributed by atoms with E-state index < -0.39 is 5.82 Å². The lowest BCUT2D eigenvalue weighted by molar-refractivity contribution is -0.136. The molecule has 1 amide bonds. The van der Waals surface area contributed by atoms with E-state index in [1.165, 1.54) is 36.7 Å². The van der Waals surface area contributed by atoms with Crippen LogP contribution in [0, 0.1) is 30.0 Å². The molecule has 1 saturated heterocycles. The molecule has 0 aromatic carbocycles. The van der Waals surface area contributed by atoms with Crippen molar-refractivity contribution in [3.05, 3.63) is 40.5 Å². The molecule has 194 valence electrons. The number of nitrogens with zero attached hydrogens (tertiary/aromatic N) is 5. The van der Waals surface area contributed by atoms with Gasteiger partial charge in [-0.05, 0) is 69.9 Å². The Morgan fingerprint density at radius 3 is 2.59 bits per heavy atom. The smallest absolute Gasteiger partial charge is 0.274 e. The first-order valence-electron chi connectivity index (χ1n) is 13.1. The number of pyridine rings is 1. The van der Waals surface area contributed by atoms with Crippen molar-refractivity contribution in [3.8, 4) is 0 Å². The molecule has 1 N–H and O–H groups in total. The predicted octanol–water partition coefficient (Wildman–Crippen LogP) is 5.10. The zero-order chi connectivity index (χ0) is 25.7. The number of rotatable bonds is 7. The van der Waals surface area contributed by atoms with Gasteiger partial charge < -0.3 is 10.2 Å². The van der Waals surface area contributed by atoms with Gasteiger partial charge in [0.1, 0.15) is 16.3 Å². The molecule has 0 spiro atoms. The second kappa shape index (κ2) is 9.38. The first-order chi connectivity index (χ1) is 17.8. The van der Waals surface area contributed by atoms with Gasteiger partial charge in [0, 0.05) is 37.0 Å². The molecular weight excluding hydrogens is 491 g/mol. The molecule has 2 bridgehead atoms. The summed E-state index contributed by atoms with van der Waals surface area (Å²) in [6, 6.07) is 1.08. The molecule has 7 rings (SSSR count). The monoisotopic (exact) mass is 522 g/mol. The van der Waals surface area contributed by atoms with Crippen LogP contribution in [0.1, 0.15) is 79.0 Å². The molecule has 3 saturated carbocycles. The molecule has 0 radical (unpaired) electrons. The molecule has 3 aliphatic carbocycles. The zero-order valence-electron chi connectivity index (χ0n) is 21.2. The highest BCUT2D eigenvalue weighted by atomic mass is 32.1. The van der Waals surface area contributed by atoms with E-state index >= 15 is 0 Å². The Morgan fingerprint density at radius 2 is 1.89 bits per heavy atom. The maximum Gasteiger partial charge on any atom is 0.274 e. The minimum Gasteiger partial charge on any atom is -0.348 e. The zero-order valence-corrected chi connectivity index (χ0v) is 22.0. The average Bonchev–Trinajstić information content (AvgIpc) is 3.26. The average molecular weight is 523 g/mol. The molecular formula is C27H31FN6O2S. The first-order valence-corrected chi connectivity index (χ1v) is 14.0. The number of ketones is 1. The van der Waals surface area contributed by atoms with Crippen molar-refractivity contribution in [3.63, 3.8) is 0 Å². The fourth-order valence-electron chi connectivity index (χ4n) is 6.24. The number of Topliss-reactive ketones (excluding diaryl/α,β-unsaturated/α-hetero) is 1. The van der Waals surface area contributed by atoms with E-state index in [1.807, 2.05) is 13.8 Å². The number of fused-ring (bicyclic) bond motifs is 4. The fourth-order valence-corrected chi connectivity index (χ4v) is 7.08. The van der Waals surface area contributed by atoms with Crippen molar-refractivity contribution in [2.75, 3.05) is 18.4 Å². The van der Waals surface area contributed by atoms with Crippen molar-refractivity contribution < 1.29 is 14.0 Å². The van der Waals surface area contributed by atoms with E-state index in [2.05, 4.69) is 25.3 Å². The van der Waals surface area contributed by atoms with Crippen LogP contribution in [-0.2, 0) is 4.79 Å². The molecule has 10 heteroatoms. The van der Waals surface area contributed by atoms with Crippen LogP contribution in [0.15, 0.2) is 18.5 Å². The van der Waals surface area contributed by atoms with Gasteiger partial charge in [0.2, 0.25) is 5.95 Å². The summed E-state index contributed by atoms with van der Waals surface area (Å²) in [6.45, 7) is 4.87. The lowest BCUT2D eigenvalue weighted by Crippen LogP contribution is -2.52. The van der Waals surface area contributed by atoms with Crippen molar-refractivity contribution in [2.24, 2.45) is 17.3 Å². The molecule has 3 aromatic rings. The first kappa shape index (κ1) is 24.3. The predicted molar refractivity (Wildman–Crippen MR) is 139 cm³/mol. The third-order valence-corrected chi connectivity index (χ3v) is 9.51. The molecule has 8 nitrogen and oxygen atoms in total. The lowest BCUT2D eigenvalue weighted by Gasteiger charge is -2.47. The van der Waals surface area contributed by atoms with Crippen LogP contribution in [-0.4, -0.2) is 49.6 Å². The van der Waals surface area contributed by atoms with Gasteiger partial charge in [0.15, 0.2) is 11.3 Å². The highest BCUT2D eigenvalue weighted by molar-refractivity contribution is 7.18. The summed E-state index contributed by atoms with van der Waals surface area (Å²) >= 11 is 1.40. The number of halogens is 1. The Labute approximate surface area is 219 Å². The van der Waals surface area contributed by atoms with Gasteiger partial charge in [-0.2, -0.15) is 4.98 Å². The molecule has 1 atom stereocenters. The summed E-state index contributed by atoms with van der Waals surface area (Å²) in [5.41, 5.74) is 1.34. The number of hydrogen-bond donors (Lipinski definition) is 1. The number of carbonyl (C=O) groups is 2. The van der Waals surface area contributed by atoms with Crippen LogP contribution in [0.3, 0.4) is 0 Å². The van der Waals surface area contributed by atoms with Gasteiger partial charge >= 0.3 is 0 Å². The molecule has 1 aliphatic heterocycles. The second-order valence-electron chi connectivity index (χ2n) is 11.0. The van der Waals surface area contributed by atoms with Crippen LogP contribution in [0.5, 0.6) is 0 Å². The Hall–Kier alpha value is -3.01. The highest BCUT2D eigenvalue weighted by Crippen LogP contribution is 2.51. The van der Waals surface area contributed by atoms with E-state index in [9.17, 15) is 14.0 Å². The molecule has 37 heavy (non-hydrogen) atoms. The normalized spacial score (nSPS) is 24.2. The summed E-state index contributed by atoms with van der Waals surface area (Å²) in [5.74, 6) is 1.13. The van der Waals surface area contributed by atoms with Gasteiger partial charge in [-0.25, -0.2) is 14.4 Å². The minimum atomic E-state index is -0.421. The van der Waals surface area contributed by atoms with Crippen molar-refractivity contribution in [1.29, 1.82) is 0 Å². The maximum atomic E-state index is 13.6. The summed E-state index contributed by atoms with van der Waals surface area (Å²) in [5, 5.41) is 3.96. The van der Waals surface area contributed by atoms with Crippen molar-refractivity contribution >= 4 is 39.3 Å². The lowest BCUT2D eigenvalue weighted by atomic mass is 9.58. The molecule has 1 unspecified atom stereocenters. The number of thiazole rings is 1. The van der Waals surface area contributed by atoms with Crippen LogP contribution in [0.25, 0.3) is 10.3 Å².